The Morgan fingerprint density at radius 1 is 1.58 bits per heavy atom. The number of nitrogens with two attached hydrogens (primary N) is 1. The van der Waals surface area contributed by atoms with Crippen LogP contribution in [0.2, 0.25) is 0 Å². The molecule has 1 aromatic rings. The van der Waals surface area contributed by atoms with Crippen molar-refractivity contribution in [1.82, 2.24) is 4.90 Å². The van der Waals surface area contributed by atoms with E-state index in [1.807, 2.05) is 6.92 Å². The van der Waals surface area contributed by atoms with Gasteiger partial charge in [-0.2, -0.15) is 0 Å². The first-order valence-electron chi connectivity index (χ1n) is 6.46. The number of ether oxygens (including phenoxy) is 1. The minimum absolute atomic E-state index is 0.0817. The summed E-state index contributed by atoms with van der Waals surface area (Å²) in [7, 11) is 0. The van der Waals surface area contributed by atoms with Crippen LogP contribution in [0.4, 0.5) is 4.39 Å². The lowest BCUT2D eigenvalue weighted by Gasteiger charge is -2.34. The maximum atomic E-state index is 13.5. The molecule has 1 aromatic carbocycles. The second-order valence-corrected chi connectivity index (χ2v) is 4.88. The number of hydrogen-bond acceptors (Lipinski definition) is 3. The van der Waals surface area contributed by atoms with E-state index in [4.69, 9.17) is 10.5 Å². The molecule has 1 saturated heterocycles. The van der Waals surface area contributed by atoms with Crippen LogP contribution in [0, 0.1) is 5.82 Å². The van der Waals surface area contributed by atoms with Crippen molar-refractivity contribution in [3.63, 3.8) is 0 Å². The zero-order chi connectivity index (χ0) is 13.8. The molecule has 0 spiro atoms. The van der Waals surface area contributed by atoms with E-state index in [9.17, 15) is 9.18 Å². The number of carbonyl (C=O) groups excluding carboxylic acids is 1. The fourth-order valence-corrected chi connectivity index (χ4v) is 2.14. The Balaban J connectivity index is 1.98. The summed E-state index contributed by atoms with van der Waals surface area (Å²) in [6, 6.07) is 6.23. The highest BCUT2D eigenvalue weighted by molar-refractivity contribution is 5.79. The van der Waals surface area contributed by atoms with Gasteiger partial charge in [-0.25, -0.2) is 4.39 Å². The first-order chi connectivity index (χ1) is 9.08. The highest BCUT2D eigenvalue weighted by Gasteiger charge is 2.26. The molecule has 0 aromatic heterocycles. The predicted octanol–water partition coefficient (Wildman–Crippen LogP) is 0.943. The maximum Gasteiger partial charge on any atom is 0.227 e. The summed E-state index contributed by atoms with van der Waals surface area (Å²) >= 11 is 0. The van der Waals surface area contributed by atoms with E-state index in [0.29, 0.717) is 25.3 Å². The second-order valence-electron chi connectivity index (χ2n) is 4.88. The molecule has 1 aliphatic heterocycles. The van der Waals surface area contributed by atoms with E-state index in [1.54, 1.807) is 23.1 Å². The van der Waals surface area contributed by atoms with Gasteiger partial charge in [-0.3, -0.25) is 4.79 Å². The molecule has 1 aliphatic rings. The van der Waals surface area contributed by atoms with E-state index < -0.39 is 0 Å². The predicted molar refractivity (Wildman–Crippen MR) is 70.1 cm³/mol. The van der Waals surface area contributed by atoms with Crippen molar-refractivity contribution in [2.75, 3.05) is 19.7 Å². The van der Waals surface area contributed by atoms with Gasteiger partial charge in [0.25, 0.3) is 0 Å². The topological polar surface area (TPSA) is 55.6 Å². The number of hydrogen-bond donors (Lipinski definition) is 1. The normalized spacial score (nSPS) is 21.2. The molecule has 0 bridgehead atoms. The summed E-state index contributed by atoms with van der Waals surface area (Å²) in [5.41, 5.74) is 6.21. The summed E-state index contributed by atoms with van der Waals surface area (Å²) in [6.07, 6.45) is -0.0588. The molecule has 104 valence electrons. The molecule has 0 radical (unpaired) electrons. The Kier molecular flexibility index (Phi) is 4.50. The lowest BCUT2D eigenvalue weighted by molar-refractivity contribution is -0.138. The highest BCUT2D eigenvalue weighted by Crippen LogP contribution is 2.12. The van der Waals surface area contributed by atoms with Crippen LogP contribution < -0.4 is 5.73 Å². The largest absolute Gasteiger partial charge is 0.373 e. The molecule has 1 fully saturated rings. The number of nitrogens with zero attached hydrogens (tertiary/aromatic N) is 1. The van der Waals surface area contributed by atoms with Gasteiger partial charge in [0.15, 0.2) is 0 Å². The van der Waals surface area contributed by atoms with Crippen LogP contribution in [-0.4, -0.2) is 42.6 Å². The van der Waals surface area contributed by atoms with Gasteiger partial charge < -0.3 is 15.4 Å². The van der Waals surface area contributed by atoms with E-state index in [0.717, 1.165) is 0 Å². The van der Waals surface area contributed by atoms with Crippen LogP contribution >= 0.6 is 0 Å². The van der Waals surface area contributed by atoms with Crippen LogP contribution in [0.1, 0.15) is 12.5 Å². The average molecular weight is 266 g/mol. The van der Waals surface area contributed by atoms with Gasteiger partial charge in [0.1, 0.15) is 5.82 Å². The Labute approximate surface area is 112 Å². The molecular formula is C14H19FN2O2. The number of benzene rings is 1. The minimum Gasteiger partial charge on any atom is -0.373 e. The summed E-state index contributed by atoms with van der Waals surface area (Å²) in [5.74, 6) is -0.424. The van der Waals surface area contributed by atoms with Crippen molar-refractivity contribution in [2.24, 2.45) is 5.73 Å². The summed E-state index contributed by atoms with van der Waals surface area (Å²) in [5, 5.41) is 0. The van der Waals surface area contributed by atoms with E-state index in [1.165, 1.54) is 6.07 Å². The summed E-state index contributed by atoms with van der Waals surface area (Å²) in [6.45, 7) is 3.35. The molecule has 5 heteroatoms. The molecule has 0 aliphatic carbocycles. The number of morpholine rings is 1. The fraction of sp³-hybridized carbons (Fsp3) is 0.500. The molecular weight excluding hydrogens is 247 g/mol. The Morgan fingerprint density at radius 2 is 2.32 bits per heavy atom. The van der Waals surface area contributed by atoms with Gasteiger partial charge in [0, 0.05) is 19.1 Å². The van der Waals surface area contributed by atoms with Crippen LogP contribution in [0.25, 0.3) is 0 Å². The Bertz CT molecular complexity index is 451. The molecule has 4 nitrogen and oxygen atoms in total. The van der Waals surface area contributed by atoms with Crippen LogP contribution in [-0.2, 0) is 16.0 Å². The van der Waals surface area contributed by atoms with Crippen molar-refractivity contribution in [3.05, 3.63) is 35.6 Å². The lowest BCUT2D eigenvalue weighted by atomic mass is 10.1. The zero-order valence-electron chi connectivity index (χ0n) is 11.0. The minimum atomic E-state index is -0.340. The number of rotatable bonds is 3. The SMILES string of the molecule is C[C@@H](N)[C@H]1CN(C(=O)Cc2ccccc2F)CCO1. The molecule has 0 saturated carbocycles. The van der Waals surface area contributed by atoms with Crippen molar-refractivity contribution >= 4 is 5.91 Å². The van der Waals surface area contributed by atoms with Crippen LogP contribution in [0.3, 0.4) is 0 Å². The molecule has 2 rings (SSSR count). The highest BCUT2D eigenvalue weighted by atomic mass is 19.1. The molecule has 1 amide bonds. The van der Waals surface area contributed by atoms with Gasteiger partial charge in [-0.05, 0) is 18.6 Å². The van der Waals surface area contributed by atoms with E-state index in [-0.39, 0.29) is 30.3 Å². The van der Waals surface area contributed by atoms with Gasteiger partial charge in [0.05, 0.1) is 19.1 Å². The number of carbonyl (C=O) groups is 1. The first kappa shape index (κ1) is 14.0. The molecule has 2 N–H and O–H groups in total. The number of amides is 1. The zero-order valence-corrected chi connectivity index (χ0v) is 11.0. The van der Waals surface area contributed by atoms with Crippen LogP contribution in [0.15, 0.2) is 24.3 Å². The third-order valence-corrected chi connectivity index (χ3v) is 3.33. The van der Waals surface area contributed by atoms with Gasteiger partial charge >= 0.3 is 0 Å². The third-order valence-electron chi connectivity index (χ3n) is 3.33. The Morgan fingerprint density at radius 3 is 3.00 bits per heavy atom. The van der Waals surface area contributed by atoms with Gasteiger partial charge in [0.2, 0.25) is 5.91 Å². The first-order valence-corrected chi connectivity index (χ1v) is 6.46. The monoisotopic (exact) mass is 266 g/mol. The van der Waals surface area contributed by atoms with E-state index >= 15 is 0 Å². The molecule has 2 atom stereocenters. The third kappa shape index (κ3) is 3.52. The van der Waals surface area contributed by atoms with Crippen molar-refractivity contribution in [2.45, 2.75) is 25.5 Å². The maximum absolute atomic E-state index is 13.5. The van der Waals surface area contributed by atoms with E-state index in [2.05, 4.69) is 0 Å². The van der Waals surface area contributed by atoms with Crippen molar-refractivity contribution < 1.29 is 13.9 Å². The van der Waals surface area contributed by atoms with Crippen molar-refractivity contribution in [3.8, 4) is 0 Å². The van der Waals surface area contributed by atoms with Crippen molar-refractivity contribution in [1.29, 1.82) is 0 Å². The second kappa shape index (κ2) is 6.12. The quantitative estimate of drug-likeness (QED) is 0.886. The average Bonchev–Trinajstić information content (AvgIpc) is 2.41. The molecule has 19 heavy (non-hydrogen) atoms. The fourth-order valence-electron chi connectivity index (χ4n) is 2.14. The van der Waals surface area contributed by atoms with Gasteiger partial charge in [-0.1, -0.05) is 18.2 Å². The van der Waals surface area contributed by atoms with Gasteiger partial charge in [-0.15, -0.1) is 0 Å². The summed E-state index contributed by atoms with van der Waals surface area (Å²) in [4.78, 5) is 13.8. The summed E-state index contributed by atoms with van der Waals surface area (Å²) < 4.78 is 19.0. The molecule has 1 heterocycles. The number of halogens is 1. The smallest absolute Gasteiger partial charge is 0.227 e. The lowest BCUT2D eigenvalue weighted by Crippen LogP contribution is -2.51. The standard InChI is InChI=1S/C14H19FN2O2/c1-10(16)13-9-17(6-7-19-13)14(18)8-11-4-2-3-5-12(11)15/h2-5,10,13H,6-9,16H2,1H3/t10-,13-/m1/s1. The Hall–Kier alpha value is -1.46. The molecule has 0 unspecified atom stereocenters. The van der Waals surface area contributed by atoms with Crippen LogP contribution in [0.5, 0.6) is 0 Å².